The van der Waals surface area contributed by atoms with E-state index in [4.69, 9.17) is 0 Å². The molecule has 9 heteroatoms. The molecule has 2 aromatic rings. The van der Waals surface area contributed by atoms with Gasteiger partial charge >= 0.3 is 6.18 Å². The van der Waals surface area contributed by atoms with Crippen LogP contribution in [-0.2, 0) is 22.7 Å². The van der Waals surface area contributed by atoms with Gasteiger partial charge in [-0.2, -0.15) is 13.2 Å². The van der Waals surface area contributed by atoms with Gasteiger partial charge in [0.2, 0.25) is 10.0 Å². The number of benzene rings is 1. The molecule has 0 aliphatic carbocycles. The third-order valence-electron chi connectivity index (χ3n) is 2.97. The van der Waals surface area contributed by atoms with Gasteiger partial charge in [0, 0.05) is 6.20 Å². The molecule has 0 saturated carbocycles. The van der Waals surface area contributed by atoms with Gasteiger partial charge in [-0.05, 0) is 36.8 Å². The first-order valence-corrected chi connectivity index (χ1v) is 7.86. The molecule has 0 amide bonds. The van der Waals surface area contributed by atoms with E-state index < -0.39 is 32.5 Å². The maximum absolute atomic E-state index is 13.6. The summed E-state index contributed by atoms with van der Waals surface area (Å²) in [5.74, 6) is -0.913. The third kappa shape index (κ3) is 4.26. The smallest absolute Gasteiger partial charge is 0.259 e. The van der Waals surface area contributed by atoms with E-state index in [0.29, 0.717) is 11.8 Å². The Hall–Kier alpha value is -2.00. The molecule has 124 valence electrons. The van der Waals surface area contributed by atoms with Crippen molar-refractivity contribution in [1.82, 2.24) is 9.71 Å². The van der Waals surface area contributed by atoms with Gasteiger partial charge < -0.3 is 0 Å². The molecule has 0 spiro atoms. The van der Waals surface area contributed by atoms with Gasteiger partial charge in [-0.25, -0.2) is 17.5 Å². The first-order valence-electron chi connectivity index (χ1n) is 6.37. The van der Waals surface area contributed by atoms with Crippen LogP contribution >= 0.6 is 0 Å². The maximum Gasteiger partial charge on any atom is 0.417 e. The van der Waals surface area contributed by atoms with Crippen LogP contribution in [0.25, 0.3) is 0 Å². The Morgan fingerprint density at radius 3 is 2.43 bits per heavy atom. The molecule has 0 aliphatic rings. The second-order valence-electron chi connectivity index (χ2n) is 4.79. The van der Waals surface area contributed by atoms with Crippen molar-refractivity contribution in [3.05, 3.63) is 59.2 Å². The fourth-order valence-electron chi connectivity index (χ4n) is 1.76. The summed E-state index contributed by atoms with van der Waals surface area (Å²) in [4.78, 5) is 3.02. The molecule has 23 heavy (non-hydrogen) atoms. The summed E-state index contributed by atoms with van der Waals surface area (Å²) in [6, 6.07) is 5.46. The fraction of sp³-hybridized carbons (Fsp3) is 0.214. The van der Waals surface area contributed by atoms with E-state index >= 15 is 0 Å². The molecule has 4 nitrogen and oxygen atoms in total. The van der Waals surface area contributed by atoms with Gasteiger partial charge in [0.15, 0.2) is 0 Å². The molecule has 2 rings (SSSR count). The minimum absolute atomic E-state index is 0.0784. The first kappa shape index (κ1) is 17.4. The Morgan fingerprint density at radius 2 is 1.87 bits per heavy atom. The van der Waals surface area contributed by atoms with Crippen LogP contribution in [0, 0.1) is 12.7 Å². The van der Waals surface area contributed by atoms with Gasteiger partial charge in [-0.3, -0.25) is 4.98 Å². The van der Waals surface area contributed by atoms with Crippen LogP contribution in [0.3, 0.4) is 0 Å². The monoisotopic (exact) mass is 348 g/mol. The number of halogens is 4. The summed E-state index contributed by atoms with van der Waals surface area (Å²) in [6.45, 7) is 1.25. The Labute approximate surface area is 130 Å². The molecule has 0 radical (unpaired) electrons. The summed E-state index contributed by atoms with van der Waals surface area (Å²) < 4.78 is 77.0. The van der Waals surface area contributed by atoms with Crippen LogP contribution in [0.1, 0.15) is 16.8 Å². The number of aromatic nitrogens is 1. The molecular weight excluding hydrogens is 336 g/mol. The lowest BCUT2D eigenvalue weighted by Crippen LogP contribution is -2.25. The molecule has 1 aromatic heterocycles. The molecule has 0 aliphatic heterocycles. The maximum atomic E-state index is 13.6. The predicted octanol–water partition coefficient (Wildman–Crippen LogP) is 3.03. The molecule has 0 saturated heterocycles. The number of rotatable bonds is 4. The number of hydrogen-bond acceptors (Lipinski definition) is 3. The topological polar surface area (TPSA) is 59.1 Å². The highest BCUT2D eigenvalue weighted by Crippen LogP contribution is 2.28. The van der Waals surface area contributed by atoms with Crippen LogP contribution in [0.4, 0.5) is 17.6 Å². The molecule has 1 N–H and O–H groups in total. The largest absolute Gasteiger partial charge is 0.417 e. The van der Waals surface area contributed by atoms with Crippen LogP contribution in [0.5, 0.6) is 0 Å². The summed E-state index contributed by atoms with van der Waals surface area (Å²) in [5.41, 5.74) is -0.303. The van der Waals surface area contributed by atoms with E-state index in [1.54, 1.807) is 6.92 Å². The van der Waals surface area contributed by atoms with Crippen molar-refractivity contribution in [2.24, 2.45) is 0 Å². The van der Waals surface area contributed by atoms with Crippen molar-refractivity contribution in [2.75, 3.05) is 0 Å². The van der Waals surface area contributed by atoms with Gasteiger partial charge in [-0.15, -0.1) is 0 Å². The predicted molar refractivity (Wildman–Crippen MR) is 74.4 cm³/mol. The normalized spacial score (nSPS) is 12.4. The highest BCUT2D eigenvalue weighted by Gasteiger charge is 2.30. The molecule has 1 aromatic carbocycles. The zero-order valence-corrected chi connectivity index (χ0v) is 12.7. The van der Waals surface area contributed by atoms with E-state index in [0.717, 1.165) is 24.3 Å². The van der Waals surface area contributed by atoms with E-state index in [9.17, 15) is 26.0 Å². The van der Waals surface area contributed by atoms with Crippen LogP contribution in [0.2, 0.25) is 0 Å². The van der Waals surface area contributed by atoms with Crippen molar-refractivity contribution in [2.45, 2.75) is 24.5 Å². The third-order valence-corrected chi connectivity index (χ3v) is 4.39. The highest BCUT2D eigenvalue weighted by molar-refractivity contribution is 7.89. The fourth-order valence-corrected chi connectivity index (χ4v) is 2.92. The van der Waals surface area contributed by atoms with Crippen molar-refractivity contribution >= 4 is 10.0 Å². The van der Waals surface area contributed by atoms with Gasteiger partial charge in [-0.1, -0.05) is 6.07 Å². The molecular formula is C14H12F4N2O2S. The standard InChI is InChI=1S/C14H12F4N2O2S/c1-9-2-5-12(15)13(6-9)23(21,22)20-8-11-4-3-10(7-19-11)14(16,17)18/h2-7,20H,8H2,1H3. The number of pyridine rings is 1. The minimum atomic E-state index is -4.52. The lowest BCUT2D eigenvalue weighted by molar-refractivity contribution is -0.137. The van der Waals surface area contributed by atoms with Crippen molar-refractivity contribution in [3.8, 4) is 0 Å². The van der Waals surface area contributed by atoms with Crippen LogP contribution in [0.15, 0.2) is 41.4 Å². The van der Waals surface area contributed by atoms with Crippen molar-refractivity contribution in [1.29, 1.82) is 0 Å². The number of aryl methyl sites for hydroxylation is 1. The number of alkyl halides is 3. The minimum Gasteiger partial charge on any atom is -0.259 e. The van der Waals surface area contributed by atoms with E-state index in [1.165, 1.54) is 6.07 Å². The zero-order valence-electron chi connectivity index (χ0n) is 11.9. The average molecular weight is 348 g/mol. The molecule has 1 heterocycles. The molecule has 0 unspecified atom stereocenters. The average Bonchev–Trinajstić information content (AvgIpc) is 2.47. The Bertz CT molecular complexity index is 803. The summed E-state index contributed by atoms with van der Waals surface area (Å²) in [6.07, 6.45) is -3.91. The quantitative estimate of drug-likeness (QED) is 0.864. The second kappa shape index (κ2) is 6.25. The number of nitrogens with one attached hydrogen (secondary N) is 1. The Balaban J connectivity index is 2.15. The number of sulfonamides is 1. The Kier molecular flexibility index (Phi) is 4.71. The van der Waals surface area contributed by atoms with E-state index in [1.807, 2.05) is 0 Å². The van der Waals surface area contributed by atoms with Gasteiger partial charge in [0.25, 0.3) is 0 Å². The van der Waals surface area contributed by atoms with Gasteiger partial charge in [0.05, 0.1) is 17.8 Å². The number of hydrogen-bond donors (Lipinski definition) is 1. The van der Waals surface area contributed by atoms with Crippen LogP contribution < -0.4 is 4.72 Å². The Morgan fingerprint density at radius 1 is 1.17 bits per heavy atom. The van der Waals surface area contributed by atoms with Crippen LogP contribution in [-0.4, -0.2) is 13.4 Å². The summed E-state index contributed by atoms with van der Waals surface area (Å²) >= 11 is 0. The highest BCUT2D eigenvalue weighted by atomic mass is 32.2. The van der Waals surface area contributed by atoms with E-state index in [2.05, 4.69) is 9.71 Å². The van der Waals surface area contributed by atoms with Gasteiger partial charge in [0.1, 0.15) is 10.7 Å². The van der Waals surface area contributed by atoms with E-state index in [-0.39, 0.29) is 12.2 Å². The summed E-state index contributed by atoms with van der Waals surface area (Å²) in [5, 5.41) is 0. The number of nitrogens with zero attached hydrogens (tertiary/aromatic N) is 1. The SMILES string of the molecule is Cc1ccc(F)c(S(=O)(=O)NCc2ccc(C(F)(F)F)cn2)c1. The lowest BCUT2D eigenvalue weighted by Gasteiger charge is -2.09. The molecule has 0 bridgehead atoms. The first-order chi connectivity index (χ1) is 10.6. The second-order valence-corrected chi connectivity index (χ2v) is 6.53. The lowest BCUT2D eigenvalue weighted by atomic mass is 10.2. The molecule has 0 atom stereocenters. The van der Waals surface area contributed by atoms with Crippen molar-refractivity contribution < 1.29 is 26.0 Å². The molecule has 0 fully saturated rings. The van der Waals surface area contributed by atoms with Crippen molar-refractivity contribution in [3.63, 3.8) is 0 Å². The zero-order chi connectivity index (χ0) is 17.3. The summed E-state index contributed by atoms with van der Waals surface area (Å²) in [7, 11) is -4.14.